The van der Waals surface area contributed by atoms with Gasteiger partial charge < -0.3 is 15.4 Å². The molecule has 25 heavy (non-hydrogen) atoms. The van der Waals surface area contributed by atoms with Crippen molar-refractivity contribution in [3.05, 3.63) is 41.5 Å². The van der Waals surface area contributed by atoms with Crippen LogP contribution in [-0.4, -0.2) is 32.1 Å². The lowest BCUT2D eigenvalue weighted by Gasteiger charge is -2.25. The van der Waals surface area contributed by atoms with Crippen LogP contribution >= 0.6 is 12.4 Å². The molecule has 0 spiro atoms. The Hall–Kier alpha value is -1.52. The molecule has 1 amide bonds. The van der Waals surface area contributed by atoms with Gasteiger partial charge in [0.25, 0.3) is 0 Å². The highest BCUT2D eigenvalue weighted by Gasteiger charge is 2.29. The number of benzene rings is 1. The van der Waals surface area contributed by atoms with E-state index in [-0.39, 0.29) is 18.3 Å². The number of nitrogens with one attached hydrogen (secondary N) is 2. The Labute approximate surface area is 157 Å². The molecule has 0 radical (unpaired) electrons. The zero-order valence-electron chi connectivity index (χ0n) is 15.7. The van der Waals surface area contributed by atoms with Crippen LogP contribution in [0.15, 0.2) is 35.9 Å². The highest BCUT2D eigenvalue weighted by atomic mass is 35.5. The maximum absolute atomic E-state index is 12.6. The van der Waals surface area contributed by atoms with E-state index < -0.39 is 5.41 Å². The molecule has 0 bridgehead atoms. The van der Waals surface area contributed by atoms with E-state index in [1.807, 2.05) is 38.1 Å². The molecular weight excluding hydrogens is 336 g/mol. The number of hydrogen-bond donors (Lipinski definition) is 2. The van der Waals surface area contributed by atoms with Gasteiger partial charge in [-0.05, 0) is 50.4 Å². The summed E-state index contributed by atoms with van der Waals surface area (Å²) in [6.07, 6.45) is 3.17. The fourth-order valence-corrected chi connectivity index (χ4v) is 2.61. The lowest BCUT2D eigenvalue weighted by Crippen LogP contribution is -2.41. The summed E-state index contributed by atoms with van der Waals surface area (Å²) in [5.74, 6) is 1.40. The number of rotatable bonds is 7. The monoisotopic (exact) mass is 366 g/mol. The molecule has 0 fully saturated rings. The minimum atomic E-state index is -0.565. The summed E-state index contributed by atoms with van der Waals surface area (Å²) in [6, 6.07) is 7.86. The summed E-state index contributed by atoms with van der Waals surface area (Å²) in [5.41, 5.74) is 1.73. The number of carbonyl (C=O) groups is 1. The normalized spacial score (nSPS) is 14.5. The molecule has 0 saturated heterocycles. The van der Waals surface area contributed by atoms with Crippen LogP contribution in [0.5, 0.6) is 5.75 Å². The second-order valence-corrected chi connectivity index (χ2v) is 7.35. The van der Waals surface area contributed by atoms with Crippen molar-refractivity contribution in [2.75, 3.05) is 26.2 Å². The van der Waals surface area contributed by atoms with Crippen molar-refractivity contribution >= 4 is 18.3 Å². The van der Waals surface area contributed by atoms with Gasteiger partial charge >= 0.3 is 0 Å². The molecule has 0 saturated carbocycles. The molecule has 5 heteroatoms. The molecular formula is C20H31ClN2O2. The lowest BCUT2D eigenvalue weighted by molar-refractivity contribution is -0.125. The Morgan fingerprint density at radius 2 is 1.96 bits per heavy atom. The van der Waals surface area contributed by atoms with Crippen LogP contribution in [0.2, 0.25) is 0 Å². The largest absolute Gasteiger partial charge is 0.493 e. The highest BCUT2D eigenvalue weighted by molar-refractivity contribution is 5.87. The van der Waals surface area contributed by atoms with Crippen molar-refractivity contribution in [3.8, 4) is 5.75 Å². The quantitative estimate of drug-likeness (QED) is 0.726. The van der Waals surface area contributed by atoms with Crippen molar-refractivity contribution in [2.45, 2.75) is 39.5 Å². The first kappa shape index (κ1) is 21.5. The second kappa shape index (κ2) is 9.83. The van der Waals surface area contributed by atoms with E-state index in [0.29, 0.717) is 19.1 Å². The molecule has 2 rings (SSSR count). The number of amides is 1. The number of hydrogen-bond acceptors (Lipinski definition) is 3. The number of ether oxygens (including phenoxy) is 1. The molecule has 1 aromatic rings. The first-order chi connectivity index (χ1) is 11.4. The van der Waals surface area contributed by atoms with Crippen LogP contribution in [0.4, 0.5) is 0 Å². The fraction of sp³-hybridized carbons (Fsp3) is 0.550. The summed E-state index contributed by atoms with van der Waals surface area (Å²) < 4.78 is 5.71. The Morgan fingerprint density at radius 1 is 1.28 bits per heavy atom. The van der Waals surface area contributed by atoms with Gasteiger partial charge in [-0.25, -0.2) is 0 Å². The zero-order chi connectivity index (χ0) is 17.6. The van der Waals surface area contributed by atoms with Gasteiger partial charge in [0.2, 0.25) is 5.91 Å². The minimum Gasteiger partial charge on any atom is -0.493 e. The van der Waals surface area contributed by atoms with E-state index in [9.17, 15) is 4.79 Å². The summed E-state index contributed by atoms with van der Waals surface area (Å²) in [7, 11) is 0. The predicted molar refractivity (Wildman–Crippen MR) is 106 cm³/mol. The van der Waals surface area contributed by atoms with Gasteiger partial charge in [-0.2, -0.15) is 0 Å². The van der Waals surface area contributed by atoms with Gasteiger partial charge in [0, 0.05) is 13.1 Å². The molecule has 1 aliphatic heterocycles. The summed E-state index contributed by atoms with van der Waals surface area (Å²) in [5, 5.41) is 6.36. The molecule has 1 aliphatic rings. The lowest BCUT2D eigenvalue weighted by atomic mass is 9.83. The van der Waals surface area contributed by atoms with Crippen LogP contribution < -0.4 is 15.4 Å². The SMILES string of the molecule is CC(C)COc1ccc(C(C)(C)C(=O)NCC2=CCNCC2)cc1.Cl. The first-order valence-corrected chi connectivity index (χ1v) is 8.80. The maximum atomic E-state index is 12.6. The summed E-state index contributed by atoms with van der Waals surface area (Å²) in [6.45, 7) is 11.4. The molecule has 1 aromatic carbocycles. The van der Waals surface area contributed by atoms with Gasteiger partial charge in [-0.15, -0.1) is 12.4 Å². The fourth-order valence-electron chi connectivity index (χ4n) is 2.61. The molecule has 0 aliphatic carbocycles. The molecule has 2 N–H and O–H groups in total. The third kappa shape index (κ3) is 6.37. The Kier molecular flexibility index (Phi) is 8.46. The third-order valence-electron chi connectivity index (χ3n) is 4.36. The van der Waals surface area contributed by atoms with E-state index in [0.717, 1.165) is 30.8 Å². The zero-order valence-corrected chi connectivity index (χ0v) is 16.5. The molecule has 4 nitrogen and oxygen atoms in total. The van der Waals surface area contributed by atoms with E-state index in [1.54, 1.807) is 0 Å². The Balaban J connectivity index is 0.00000312. The van der Waals surface area contributed by atoms with E-state index in [4.69, 9.17) is 4.74 Å². The Morgan fingerprint density at radius 3 is 2.52 bits per heavy atom. The molecule has 1 heterocycles. The standard InChI is InChI=1S/C20H30N2O2.ClH/c1-15(2)14-24-18-7-5-17(6-8-18)20(3,4)19(23)22-13-16-9-11-21-12-10-16;/h5-9,15,21H,10-14H2,1-4H3,(H,22,23);1H. The first-order valence-electron chi connectivity index (χ1n) is 8.80. The topological polar surface area (TPSA) is 50.4 Å². The molecule has 0 unspecified atom stereocenters. The average Bonchev–Trinajstić information content (AvgIpc) is 2.59. The summed E-state index contributed by atoms with van der Waals surface area (Å²) >= 11 is 0. The van der Waals surface area contributed by atoms with Crippen molar-refractivity contribution in [2.24, 2.45) is 5.92 Å². The Bertz CT molecular complexity index is 580. The van der Waals surface area contributed by atoms with Crippen LogP contribution in [-0.2, 0) is 10.2 Å². The number of halogens is 1. The highest BCUT2D eigenvalue weighted by Crippen LogP contribution is 2.26. The minimum absolute atomic E-state index is 0. The molecule has 0 aromatic heterocycles. The van der Waals surface area contributed by atoms with E-state index in [2.05, 4.69) is 30.6 Å². The van der Waals surface area contributed by atoms with Crippen LogP contribution in [0.25, 0.3) is 0 Å². The van der Waals surface area contributed by atoms with Crippen molar-refractivity contribution in [3.63, 3.8) is 0 Å². The smallest absolute Gasteiger partial charge is 0.230 e. The average molecular weight is 367 g/mol. The van der Waals surface area contributed by atoms with Gasteiger partial charge in [0.1, 0.15) is 5.75 Å². The van der Waals surface area contributed by atoms with Gasteiger partial charge in [0.15, 0.2) is 0 Å². The van der Waals surface area contributed by atoms with Crippen molar-refractivity contribution in [1.82, 2.24) is 10.6 Å². The van der Waals surface area contributed by atoms with Crippen LogP contribution in [0, 0.1) is 5.92 Å². The van der Waals surface area contributed by atoms with Crippen LogP contribution in [0.3, 0.4) is 0 Å². The molecule has 0 atom stereocenters. The summed E-state index contributed by atoms with van der Waals surface area (Å²) in [4.78, 5) is 12.6. The van der Waals surface area contributed by atoms with Crippen LogP contribution in [0.1, 0.15) is 39.7 Å². The van der Waals surface area contributed by atoms with E-state index >= 15 is 0 Å². The number of carbonyl (C=O) groups excluding carboxylic acids is 1. The van der Waals surface area contributed by atoms with Gasteiger partial charge in [0.05, 0.1) is 12.0 Å². The third-order valence-corrected chi connectivity index (χ3v) is 4.36. The van der Waals surface area contributed by atoms with Crippen molar-refractivity contribution in [1.29, 1.82) is 0 Å². The molecule has 140 valence electrons. The predicted octanol–water partition coefficient (Wildman–Crippen LogP) is 3.46. The second-order valence-electron chi connectivity index (χ2n) is 7.35. The van der Waals surface area contributed by atoms with Crippen molar-refractivity contribution < 1.29 is 9.53 Å². The van der Waals surface area contributed by atoms with E-state index in [1.165, 1.54) is 5.57 Å². The van der Waals surface area contributed by atoms with Gasteiger partial charge in [-0.1, -0.05) is 37.6 Å². The van der Waals surface area contributed by atoms with Gasteiger partial charge in [-0.3, -0.25) is 4.79 Å². The maximum Gasteiger partial charge on any atom is 0.230 e.